The van der Waals surface area contributed by atoms with Crippen molar-refractivity contribution in [3.05, 3.63) is 29.8 Å². The molecule has 3 rings (SSSR count). The van der Waals surface area contributed by atoms with Gasteiger partial charge in [-0.3, -0.25) is 4.79 Å². The topological polar surface area (TPSA) is 93.8 Å². The van der Waals surface area contributed by atoms with Crippen molar-refractivity contribution in [2.75, 3.05) is 45.8 Å². The molecule has 1 aliphatic heterocycles. The maximum Gasteiger partial charge on any atom is 0.292 e. The van der Waals surface area contributed by atoms with Gasteiger partial charge >= 0.3 is 0 Å². The van der Waals surface area contributed by atoms with Gasteiger partial charge in [-0.1, -0.05) is 0 Å². The summed E-state index contributed by atoms with van der Waals surface area (Å²) >= 11 is 0. The molecule has 0 aliphatic carbocycles. The van der Waals surface area contributed by atoms with Gasteiger partial charge in [0.1, 0.15) is 6.10 Å². The number of anilines is 1. The van der Waals surface area contributed by atoms with Crippen molar-refractivity contribution < 1.29 is 18.8 Å². The summed E-state index contributed by atoms with van der Waals surface area (Å²) in [6, 6.07) is 3.27. The van der Waals surface area contributed by atoms with Crippen LogP contribution in [0.25, 0.3) is 0 Å². The van der Waals surface area contributed by atoms with Crippen LogP contribution < -0.4 is 9.64 Å². The summed E-state index contributed by atoms with van der Waals surface area (Å²) in [6.45, 7) is 1.28. The van der Waals surface area contributed by atoms with Crippen LogP contribution in [0.2, 0.25) is 0 Å². The van der Waals surface area contributed by atoms with Crippen molar-refractivity contribution in [1.82, 2.24) is 20.0 Å². The van der Waals surface area contributed by atoms with E-state index in [-0.39, 0.29) is 23.7 Å². The highest BCUT2D eigenvalue weighted by Gasteiger charge is 2.29. The molecule has 3 heterocycles. The van der Waals surface area contributed by atoms with Crippen molar-refractivity contribution in [1.29, 1.82) is 0 Å². The number of carbonyl (C=O) groups is 1. The molecule has 1 fully saturated rings. The number of carbonyl (C=O) groups excluding carboxylic acids is 1. The molecule has 1 saturated heterocycles. The highest BCUT2D eigenvalue weighted by atomic mass is 16.5. The number of methoxy groups -OCH3 is 1. The van der Waals surface area contributed by atoms with E-state index in [0.717, 1.165) is 5.69 Å². The lowest BCUT2D eigenvalue weighted by atomic mass is 10.2. The highest BCUT2D eigenvalue weighted by molar-refractivity contribution is 5.91. The van der Waals surface area contributed by atoms with Crippen molar-refractivity contribution in [2.24, 2.45) is 0 Å². The fraction of sp³-hybridized carbons (Fsp3) is 0.467. The summed E-state index contributed by atoms with van der Waals surface area (Å²) in [6.07, 6.45) is 1.37. The van der Waals surface area contributed by atoms with Gasteiger partial charge in [-0.15, -0.1) is 0 Å². The summed E-state index contributed by atoms with van der Waals surface area (Å²) < 4.78 is 15.7. The molecular weight excluding hydrogens is 314 g/mol. The van der Waals surface area contributed by atoms with E-state index in [4.69, 9.17) is 14.0 Å². The summed E-state index contributed by atoms with van der Waals surface area (Å²) in [5, 5.41) is 3.66. The fourth-order valence-electron chi connectivity index (χ4n) is 2.38. The summed E-state index contributed by atoms with van der Waals surface area (Å²) in [5.74, 6) is 0.763. The summed E-state index contributed by atoms with van der Waals surface area (Å²) in [5.41, 5.74) is 0.737. The van der Waals surface area contributed by atoms with Crippen molar-refractivity contribution in [2.45, 2.75) is 6.10 Å². The standard InChI is InChI=1S/C15H19N5O4/c1-19(2)15-16-5-4-10(17-15)12-9-20(6-7-23-12)14(21)11-8-13(22-3)18-24-11/h4-5,8,12H,6-7,9H2,1-3H3/t12-/m1/s1. The number of morpholine rings is 1. The molecule has 2 aromatic heterocycles. The van der Waals surface area contributed by atoms with Crippen LogP contribution in [0, 0.1) is 0 Å². The van der Waals surface area contributed by atoms with Gasteiger partial charge in [0.05, 0.1) is 32.0 Å². The number of hydrogen-bond donors (Lipinski definition) is 0. The first-order valence-electron chi connectivity index (χ1n) is 7.50. The van der Waals surface area contributed by atoms with Gasteiger partial charge in [-0.05, 0) is 11.2 Å². The van der Waals surface area contributed by atoms with Crippen LogP contribution in [-0.4, -0.2) is 66.8 Å². The highest BCUT2D eigenvalue weighted by Crippen LogP contribution is 2.23. The first-order valence-corrected chi connectivity index (χ1v) is 7.50. The van der Waals surface area contributed by atoms with Gasteiger partial charge < -0.3 is 23.8 Å². The molecule has 1 aliphatic rings. The Bertz CT molecular complexity index is 717. The zero-order valence-electron chi connectivity index (χ0n) is 13.8. The fourth-order valence-corrected chi connectivity index (χ4v) is 2.38. The third-order valence-corrected chi connectivity index (χ3v) is 3.66. The monoisotopic (exact) mass is 333 g/mol. The molecule has 9 heteroatoms. The quantitative estimate of drug-likeness (QED) is 0.809. The molecule has 1 amide bonds. The van der Waals surface area contributed by atoms with Gasteiger partial charge in [-0.25, -0.2) is 9.97 Å². The molecule has 0 saturated carbocycles. The number of amides is 1. The third-order valence-electron chi connectivity index (χ3n) is 3.66. The third kappa shape index (κ3) is 3.30. The van der Waals surface area contributed by atoms with E-state index in [0.29, 0.717) is 25.6 Å². The molecular formula is C15H19N5O4. The molecule has 2 aromatic rings. The zero-order valence-corrected chi connectivity index (χ0v) is 13.8. The normalized spacial score (nSPS) is 17.6. The van der Waals surface area contributed by atoms with E-state index in [2.05, 4.69) is 15.1 Å². The van der Waals surface area contributed by atoms with Crippen LogP contribution in [0.1, 0.15) is 22.4 Å². The Morgan fingerprint density at radius 3 is 3.00 bits per heavy atom. The molecule has 0 unspecified atom stereocenters. The zero-order chi connectivity index (χ0) is 17.1. The largest absolute Gasteiger partial charge is 0.479 e. The average Bonchev–Trinajstić information content (AvgIpc) is 3.10. The molecule has 128 valence electrons. The van der Waals surface area contributed by atoms with E-state index in [1.807, 2.05) is 19.0 Å². The number of rotatable bonds is 4. The first-order chi connectivity index (χ1) is 11.6. The molecule has 0 bridgehead atoms. The van der Waals surface area contributed by atoms with Crippen LogP contribution in [-0.2, 0) is 4.74 Å². The number of hydrogen-bond acceptors (Lipinski definition) is 8. The van der Waals surface area contributed by atoms with Crippen molar-refractivity contribution in [3.8, 4) is 5.88 Å². The minimum atomic E-state index is -0.311. The molecule has 0 N–H and O–H groups in total. The summed E-state index contributed by atoms with van der Waals surface area (Å²) in [7, 11) is 5.20. The van der Waals surface area contributed by atoms with E-state index >= 15 is 0 Å². The van der Waals surface area contributed by atoms with Crippen molar-refractivity contribution >= 4 is 11.9 Å². The maximum absolute atomic E-state index is 12.5. The first kappa shape index (κ1) is 16.2. The lowest BCUT2D eigenvalue weighted by molar-refractivity contribution is -0.0258. The molecule has 0 radical (unpaired) electrons. The van der Waals surface area contributed by atoms with Crippen LogP contribution in [0.15, 0.2) is 22.9 Å². The lowest BCUT2D eigenvalue weighted by Crippen LogP contribution is -2.42. The second-order valence-electron chi connectivity index (χ2n) is 5.52. The Hall–Kier alpha value is -2.68. The van der Waals surface area contributed by atoms with Gasteiger partial charge in [-0.2, -0.15) is 0 Å². The minimum Gasteiger partial charge on any atom is -0.479 e. The average molecular weight is 333 g/mol. The second-order valence-corrected chi connectivity index (χ2v) is 5.52. The predicted octanol–water partition coefficient (Wildman–Crippen LogP) is 0.753. The van der Waals surface area contributed by atoms with E-state index in [9.17, 15) is 4.79 Å². The number of ether oxygens (including phenoxy) is 2. The molecule has 9 nitrogen and oxygen atoms in total. The Kier molecular flexibility index (Phi) is 4.61. The summed E-state index contributed by atoms with van der Waals surface area (Å²) in [4.78, 5) is 24.7. The van der Waals surface area contributed by atoms with Gasteiger partial charge in [0.2, 0.25) is 11.7 Å². The number of nitrogens with zero attached hydrogens (tertiary/aromatic N) is 5. The van der Waals surface area contributed by atoms with Gasteiger partial charge in [0.15, 0.2) is 0 Å². The van der Waals surface area contributed by atoms with Crippen LogP contribution in [0.5, 0.6) is 5.88 Å². The van der Waals surface area contributed by atoms with Gasteiger partial charge in [0.25, 0.3) is 11.8 Å². The minimum absolute atomic E-state index is 0.143. The Labute approximate surface area is 139 Å². The molecule has 1 atom stereocenters. The predicted molar refractivity (Wildman–Crippen MR) is 84.0 cm³/mol. The van der Waals surface area contributed by atoms with Crippen LogP contribution in [0.3, 0.4) is 0 Å². The van der Waals surface area contributed by atoms with E-state index in [1.165, 1.54) is 13.2 Å². The molecule has 0 aromatic carbocycles. The smallest absolute Gasteiger partial charge is 0.292 e. The number of aromatic nitrogens is 3. The van der Waals surface area contributed by atoms with Crippen molar-refractivity contribution in [3.63, 3.8) is 0 Å². The molecule has 0 spiro atoms. The van der Waals surface area contributed by atoms with Crippen LogP contribution >= 0.6 is 0 Å². The lowest BCUT2D eigenvalue weighted by Gasteiger charge is -2.32. The Morgan fingerprint density at radius 2 is 2.29 bits per heavy atom. The van der Waals surface area contributed by atoms with Gasteiger partial charge in [0, 0.05) is 26.8 Å². The van der Waals surface area contributed by atoms with Crippen LogP contribution in [0.4, 0.5) is 5.95 Å². The Morgan fingerprint density at radius 1 is 1.46 bits per heavy atom. The Balaban J connectivity index is 1.74. The SMILES string of the molecule is COc1cc(C(=O)N2CCO[C@@H](c3ccnc(N(C)C)n3)C2)on1. The second kappa shape index (κ2) is 6.83. The van der Waals surface area contributed by atoms with E-state index < -0.39 is 0 Å². The molecule has 24 heavy (non-hydrogen) atoms. The maximum atomic E-state index is 12.5. The van der Waals surface area contributed by atoms with E-state index in [1.54, 1.807) is 17.2 Å².